The summed E-state index contributed by atoms with van der Waals surface area (Å²) in [5.74, 6) is 0.664. The zero-order valence-electron chi connectivity index (χ0n) is 19.4. The average Bonchev–Trinajstić information content (AvgIpc) is 2.87. The molecular formula is C26H21ClN4O4S. The molecule has 8 nitrogen and oxygen atoms in total. The van der Waals surface area contributed by atoms with E-state index in [9.17, 15) is 13.2 Å². The number of halogens is 1. The van der Waals surface area contributed by atoms with Crippen LogP contribution in [0.1, 0.15) is 11.1 Å². The number of rotatable bonds is 5. The molecule has 0 atom stereocenters. The zero-order valence-corrected chi connectivity index (χ0v) is 21.0. The maximum absolute atomic E-state index is 13.6. The lowest BCUT2D eigenvalue weighted by Crippen LogP contribution is -2.30. The van der Waals surface area contributed by atoms with Gasteiger partial charge in [0.05, 0.1) is 23.9 Å². The van der Waals surface area contributed by atoms with E-state index < -0.39 is 15.4 Å². The first-order chi connectivity index (χ1) is 17.2. The first-order valence-corrected chi connectivity index (χ1v) is 12.8. The van der Waals surface area contributed by atoms with Crippen molar-refractivity contribution in [2.45, 2.75) is 23.3 Å². The molecule has 0 amide bonds. The van der Waals surface area contributed by atoms with Crippen LogP contribution in [0.15, 0.2) is 87.5 Å². The first kappa shape index (κ1) is 23.8. The Morgan fingerprint density at radius 1 is 1.03 bits per heavy atom. The van der Waals surface area contributed by atoms with Crippen molar-refractivity contribution in [3.05, 3.63) is 105 Å². The lowest BCUT2D eigenvalue weighted by atomic mass is 10.2. The molecule has 0 fully saturated rings. The number of aryl methyl sites for hydroxylation is 1. The Balaban J connectivity index is 1.85. The normalized spacial score (nSPS) is 11.8. The number of hydrogen-bond acceptors (Lipinski definition) is 6. The van der Waals surface area contributed by atoms with E-state index in [4.69, 9.17) is 26.7 Å². The van der Waals surface area contributed by atoms with Gasteiger partial charge < -0.3 is 9.30 Å². The van der Waals surface area contributed by atoms with Crippen LogP contribution >= 0.6 is 11.6 Å². The third kappa shape index (κ3) is 3.96. The molecule has 0 saturated heterocycles. The SMILES string of the molecule is COc1ccc(Cn2c(=N)c(S(=O)(=O)c3ccc(Cl)cc3)cc3c(=O)n4cccc(C)c4nc32)cc1. The van der Waals surface area contributed by atoms with Gasteiger partial charge in [0.2, 0.25) is 9.84 Å². The van der Waals surface area contributed by atoms with Crippen molar-refractivity contribution in [2.75, 3.05) is 7.11 Å². The van der Waals surface area contributed by atoms with Crippen LogP contribution in [-0.4, -0.2) is 29.5 Å². The highest BCUT2D eigenvalue weighted by molar-refractivity contribution is 7.91. The highest BCUT2D eigenvalue weighted by Gasteiger charge is 2.24. The topological polar surface area (TPSA) is 107 Å². The van der Waals surface area contributed by atoms with Crippen LogP contribution in [0.3, 0.4) is 0 Å². The van der Waals surface area contributed by atoms with E-state index >= 15 is 0 Å². The van der Waals surface area contributed by atoms with Crippen LogP contribution in [-0.2, 0) is 16.4 Å². The molecule has 0 radical (unpaired) electrons. The summed E-state index contributed by atoms with van der Waals surface area (Å²) in [6.45, 7) is 1.96. The number of aromatic nitrogens is 3. The molecule has 0 unspecified atom stereocenters. The number of nitrogens with zero attached hydrogens (tertiary/aromatic N) is 3. The van der Waals surface area contributed by atoms with Gasteiger partial charge in [-0.15, -0.1) is 0 Å². The minimum Gasteiger partial charge on any atom is -0.497 e. The highest BCUT2D eigenvalue weighted by Crippen LogP contribution is 2.23. The van der Waals surface area contributed by atoms with Crippen molar-refractivity contribution in [3.63, 3.8) is 0 Å². The Morgan fingerprint density at radius 3 is 2.39 bits per heavy atom. The second-order valence-electron chi connectivity index (χ2n) is 8.29. The van der Waals surface area contributed by atoms with Gasteiger partial charge in [-0.05, 0) is 66.6 Å². The molecule has 0 spiro atoms. The molecule has 5 rings (SSSR count). The Hall–Kier alpha value is -3.95. The van der Waals surface area contributed by atoms with E-state index in [1.807, 2.05) is 25.1 Å². The van der Waals surface area contributed by atoms with E-state index in [1.54, 1.807) is 31.5 Å². The van der Waals surface area contributed by atoms with Gasteiger partial charge >= 0.3 is 0 Å². The first-order valence-electron chi connectivity index (χ1n) is 10.9. The Morgan fingerprint density at radius 2 is 1.72 bits per heavy atom. The highest BCUT2D eigenvalue weighted by atomic mass is 35.5. The zero-order chi connectivity index (χ0) is 25.6. The van der Waals surface area contributed by atoms with Crippen LogP contribution in [0.2, 0.25) is 5.02 Å². The van der Waals surface area contributed by atoms with Gasteiger partial charge in [0.15, 0.2) is 0 Å². The minimum absolute atomic E-state index is 0.0274. The maximum Gasteiger partial charge on any atom is 0.267 e. The fraction of sp³-hybridized carbons (Fsp3) is 0.115. The number of pyridine rings is 2. The summed E-state index contributed by atoms with van der Waals surface area (Å²) >= 11 is 5.95. The molecule has 0 aliphatic rings. The van der Waals surface area contributed by atoms with Gasteiger partial charge in [0.1, 0.15) is 27.4 Å². The molecule has 10 heteroatoms. The van der Waals surface area contributed by atoms with Gasteiger partial charge in [0.25, 0.3) is 5.56 Å². The van der Waals surface area contributed by atoms with Crippen molar-refractivity contribution in [3.8, 4) is 5.75 Å². The molecule has 0 aliphatic carbocycles. The van der Waals surface area contributed by atoms with Crippen molar-refractivity contribution in [1.82, 2.24) is 14.0 Å². The van der Waals surface area contributed by atoms with Crippen molar-refractivity contribution >= 4 is 38.1 Å². The lowest BCUT2D eigenvalue weighted by Gasteiger charge is -2.16. The molecule has 5 aromatic rings. The summed E-state index contributed by atoms with van der Waals surface area (Å²) in [5.41, 5.74) is 1.52. The van der Waals surface area contributed by atoms with Crippen LogP contribution in [0.25, 0.3) is 16.7 Å². The predicted molar refractivity (Wildman–Crippen MR) is 137 cm³/mol. The largest absolute Gasteiger partial charge is 0.497 e. The molecule has 0 saturated carbocycles. The Labute approximate surface area is 211 Å². The number of hydrogen-bond donors (Lipinski definition) is 1. The van der Waals surface area contributed by atoms with Crippen molar-refractivity contribution < 1.29 is 13.2 Å². The predicted octanol–water partition coefficient (Wildman–Crippen LogP) is 3.98. The fourth-order valence-corrected chi connectivity index (χ4v) is 5.60. The molecule has 182 valence electrons. The van der Waals surface area contributed by atoms with Gasteiger partial charge in [-0.3, -0.25) is 14.6 Å². The molecule has 3 aromatic heterocycles. The fourth-order valence-electron chi connectivity index (χ4n) is 4.08. The van der Waals surface area contributed by atoms with Gasteiger partial charge in [0, 0.05) is 11.2 Å². The average molecular weight is 521 g/mol. The second kappa shape index (κ2) is 8.92. The van der Waals surface area contributed by atoms with Crippen molar-refractivity contribution in [1.29, 1.82) is 5.41 Å². The second-order valence-corrected chi connectivity index (χ2v) is 10.6. The summed E-state index contributed by atoms with van der Waals surface area (Å²) in [5, 5.41) is 9.40. The molecule has 3 heterocycles. The number of sulfone groups is 1. The lowest BCUT2D eigenvalue weighted by molar-refractivity contribution is 0.414. The smallest absolute Gasteiger partial charge is 0.267 e. The van der Waals surface area contributed by atoms with Gasteiger partial charge in [-0.1, -0.05) is 29.8 Å². The maximum atomic E-state index is 13.6. The third-order valence-corrected chi connectivity index (χ3v) is 8.05. The number of ether oxygens (including phenoxy) is 1. The number of fused-ring (bicyclic) bond motifs is 2. The van der Waals surface area contributed by atoms with Gasteiger partial charge in [-0.25, -0.2) is 13.4 Å². The van der Waals surface area contributed by atoms with Crippen LogP contribution in [0.5, 0.6) is 5.75 Å². The van der Waals surface area contributed by atoms with E-state index in [0.717, 1.165) is 11.1 Å². The van der Waals surface area contributed by atoms with E-state index in [2.05, 4.69) is 0 Å². The number of nitrogens with one attached hydrogen (secondary N) is 1. The number of benzene rings is 2. The summed E-state index contributed by atoms with van der Waals surface area (Å²) in [6, 6.07) is 17.7. The standard InChI is InChI=1S/C26H21ClN4O4S/c1-16-4-3-13-30-24(16)29-25-21(26(30)32)14-22(36(33,34)20-11-7-18(27)8-12-20)23(28)31(25)15-17-5-9-19(35-2)10-6-17/h3-14,28H,15H2,1-2H3. The summed E-state index contributed by atoms with van der Waals surface area (Å²) in [7, 11) is -2.58. The minimum atomic E-state index is -4.14. The Kier molecular flexibility index (Phi) is 5.89. The quantitative estimate of drug-likeness (QED) is 0.353. The van der Waals surface area contributed by atoms with Gasteiger partial charge in [-0.2, -0.15) is 0 Å². The third-order valence-electron chi connectivity index (χ3n) is 6.01. The molecule has 2 aromatic carbocycles. The van der Waals surface area contributed by atoms with E-state index in [1.165, 1.54) is 39.3 Å². The number of methoxy groups -OCH3 is 1. The molecule has 0 aliphatic heterocycles. The summed E-state index contributed by atoms with van der Waals surface area (Å²) < 4.78 is 35.3. The van der Waals surface area contributed by atoms with Crippen LogP contribution in [0, 0.1) is 12.3 Å². The van der Waals surface area contributed by atoms with E-state index in [-0.39, 0.29) is 32.9 Å². The molecule has 1 N–H and O–H groups in total. The molecule has 0 bridgehead atoms. The summed E-state index contributed by atoms with van der Waals surface area (Å²) in [6.07, 6.45) is 1.59. The Bertz CT molecular complexity index is 1860. The van der Waals surface area contributed by atoms with Crippen LogP contribution in [0.4, 0.5) is 0 Å². The van der Waals surface area contributed by atoms with E-state index in [0.29, 0.717) is 16.4 Å². The van der Waals surface area contributed by atoms with Crippen molar-refractivity contribution in [2.24, 2.45) is 0 Å². The molecular weight excluding hydrogens is 500 g/mol. The van der Waals surface area contributed by atoms with Crippen LogP contribution < -0.4 is 15.8 Å². The summed E-state index contributed by atoms with van der Waals surface area (Å²) in [4.78, 5) is 17.9. The monoisotopic (exact) mass is 520 g/mol. The molecule has 36 heavy (non-hydrogen) atoms.